The highest BCUT2D eigenvalue weighted by molar-refractivity contribution is 7.15. The van der Waals surface area contributed by atoms with E-state index in [0.29, 0.717) is 27.8 Å². The van der Waals surface area contributed by atoms with E-state index in [1.807, 2.05) is 36.6 Å². The van der Waals surface area contributed by atoms with E-state index >= 15 is 0 Å². The lowest BCUT2D eigenvalue weighted by Gasteiger charge is -2.16. The molecule has 4 aromatic rings. The van der Waals surface area contributed by atoms with Gasteiger partial charge in [0.15, 0.2) is 11.1 Å². The molecule has 1 N–H and O–H groups in total. The molecule has 31 heavy (non-hydrogen) atoms. The molecule has 7 nitrogen and oxygen atoms in total. The first-order valence-electron chi connectivity index (χ1n) is 9.72. The molecule has 0 aliphatic carbocycles. The summed E-state index contributed by atoms with van der Waals surface area (Å²) >= 11 is 1.40. The molecule has 0 bridgehead atoms. The van der Waals surface area contributed by atoms with E-state index in [0.717, 1.165) is 5.69 Å². The maximum absolute atomic E-state index is 12.6. The van der Waals surface area contributed by atoms with Crippen LogP contribution in [0.1, 0.15) is 18.3 Å². The Labute approximate surface area is 182 Å². The fourth-order valence-corrected chi connectivity index (χ4v) is 3.90. The van der Waals surface area contributed by atoms with Crippen molar-refractivity contribution in [3.05, 3.63) is 87.8 Å². The molecule has 8 heteroatoms. The number of thiazole rings is 1. The number of hydrogen-bond acceptors (Lipinski definition) is 6. The maximum atomic E-state index is 12.6. The minimum Gasteiger partial charge on any atom is -0.485 e. The molecule has 0 aliphatic heterocycles. The fourth-order valence-electron chi connectivity index (χ4n) is 3.01. The second-order valence-corrected chi connectivity index (χ2v) is 7.76. The van der Waals surface area contributed by atoms with Crippen LogP contribution in [0.3, 0.4) is 0 Å². The van der Waals surface area contributed by atoms with Gasteiger partial charge in [-0.1, -0.05) is 30.3 Å². The van der Waals surface area contributed by atoms with Gasteiger partial charge in [0.05, 0.1) is 11.4 Å². The number of anilines is 1. The number of aromatic nitrogens is 2. The van der Waals surface area contributed by atoms with Gasteiger partial charge in [0, 0.05) is 17.1 Å². The lowest BCUT2D eigenvalue weighted by molar-refractivity contribution is -0.122. The minimum absolute atomic E-state index is 0.103. The number of carbonyl (C=O) groups is 1. The Morgan fingerprint density at radius 3 is 2.71 bits per heavy atom. The number of hydrogen-bond donors (Lipinski definition) is 1. The molecular weight excluding hydrogens is 414 g/mol. The van der Waals surface area contributed by atoms with Crippen molar-refractivity contribution in [3.63, 3.8) is 0 Å². The number of para-hydroxylation sites is 3. The van der Waals surface area contributed by atoms with Crippen LogP contribution < -0.4 is 20.3 Å². The third-order valence-corrected chi connectivity index (χ3v) is 5.52. The first-order chi connectivity index (χ1) is 15.0. The van der Waals surface area contributed by atoms with Crippen molar-refractivity contribution >= 4 is 27.9 Å². The van der Waals surface area contributed by atoms with E-state index in [1.165, 1.54) is 17.4 Å². The quantitative estimate of drug-likeness (QED) is 0.474. The summed E-state index contributed by atoms with van der Waals surface area (Å²) in [5.41, 5.74) is 1.75. The zero-order valence-electron chi connectivity index (χ0n) is 17.1. The van der Waals surface area contributed by atoms with Gasteiger partial charge in [-0.2, -0.15) is 0 Å². The van der Waals surface area contributed by atoms with Crippen molar-refractivity contribution in [2.75, 3.05) is 5.32 Å². The summed E-state index contributed by atoms with van der Waals surface area (Å²) < 4.78 is 13.1. The van der Waals surface area contributed by atoms with Gasteiger partial charge in [-0.25, -0.2) is 4.98 Å². The number of rotatable bonds is 7. The molecule has 0 saturated heterocycles. The van der Waals surface area contributed by atoms with Crippen LogP contribution in [-0.2, 0) is 11.4 Å². The molecule has 2 aromatic carbocycles. The summed E-state index contributed by atoms with van der Waals surface area (Å²) in [6.07, 6.45) is -0.693. The highest BCUT2D eigenvalue weighted by Gasteiger charge is 2.17. The number of amides is 1. The molecular formula is C23H21N3O4S. The van der Waals surface area contributed by atoms with Gasteiger partial charge < -0.3 is 14.8 Å². The average molecular weight is 436 g/mol. The number of carbonyl (C=O) groups excluding carboxylic acids is 1. The average Bonchev–Trinajstić information content (AvgIpc) is 3.15. The Hall–Kier alpha value is -3.65. The molecule has 0 aliphatic rings. The van der Waals surface area contributed by atoms with E-state index in [9.17, 15) is 9.59 Å². The van der Waals surface area contributed by atoms with Crippen molar-refractivity contribution in [2.24, 2.45) is 0 Å². The first kappa shape index (κ1) is 20.6. The smallest absolute Gasteiger partial charge is 0.265 e. The molecule has 1 amide bonds. The summed E-state index contributed by atoms with van der Waals surface area (Å²) in [6, 6.07) is 17.7. The van der Waals surface area contributed by atoms with Gasteiger partial charge in [-0.15, -0.1) is 11.3 Å². The molecule has 2 heterocycles. The number of nitrogens with zero attached hydrogens (tertiary/aromatic N) is 2. The third-order valence-electron chi connectivity index (χ3n) is 4.57. The molecule has 0 radical (unpaired) electrons. The Bertz CT molecular complexity index is 1270. The Morgan fingerprint density at radius 1 is 1.16 bits per heavy atom. The van der Waals surface area contributed by atoms with Crippen LogP contribution in [0, 0.1) is 6.92 Å². The summed E-state index contributed by atoms with van der Waals surface area (Å²) in [7, 11) is 0. The summed E-state index contributed by atoms with van der Waals surface area (Å²) in [6.45, 7) is 3.65. The number of aryl methyl sites for hydroxylation is 1. The highest BCUT2D eigenvalue weighted by Crippen LogP contribution is 2.25. The van der Waals surface area contributed by atoms with Crippen molar-refractivity contribution in [2.45, 2.75) is 26.6 Å². The van der Waals surface area contributed by atoms with Gasteiger partial charge >= 0.3 is 0 Å². The van der Waals surface area contributed by atoms with E-state index in [1.54, 1.807) is 41.7 Å². The fraction of sp³-hybridized carbons (Fsp3) is 0.174. The zero-order valence-corrected chi connectivity index (χ0v) is 17.9. The lowest BCUT2D eigenvalue weighted by atomic mass is 10.2. The van der Waals surface area contributed by atoms with E-state index < -0.39 is 6.10 Å². The van der Waals surface area contributed by atoms with Crippen LogP contribution in [0.25, 0.3) is 4.96 Å². The van der Waals surface area contributed by atoms with Crippen molar-refractivity contribution in [3.8, 4) is 11.5 Å². The van der Waals surface area contributed by atoms with Crippen LogP contribution in [0.5, 0.6) is 11.5 Å². The molecule has 0 saturated carbocycles. The highest BCUT2D eigenvalue weighted by atomic mass is 32.1. The summed E-state index contributed by atoms with van der Waals surface area (Å²) in [5.74, 6) is 0.796. The van der Waals surface area contributed by atoms with Crippen molar-refractivity contribution in [1.29, 1.82) is 0 Å². The SMILES string of the molecule is Cc1csc2nc(COc3ccccc3NC(=O)[C@@H](C)Oc3ccccc3)cc(=O)n12. The van der Waals surface area contributed by atoms with Gasteiger partial charge in [0.1, 0.15) is 18.1 Å². The van der Waals surface area contributed by atoms with Gasteiger partial charge in [-0.3, -0.25) is 14.0 Å². The standard InChI is InChI=1S/C23H21N3O4S/c1-15-14-31-23-24-17(12-21(27)26(15)23)13-29-20-11-7-6-10-19(20)25-22(28)16(2)30-18-8-4-3-5-9-18/h3-12,14,16H,13H2,1-2H3,(H,25,28)/t16-/m1/s1. The predicted molar refractivity (Wildman–Crippen MR) is 120 cm³/mol. The third kappa shape index (κ3) is 4.75. The van der Waals surface area contributed by atoms with Crippen LogP contribution >= 0.6 is 11.3 Å². The molecule has 0 spiro atoms. The maximum Gasteiger partial charge on any atom is 0.265 e. The van der Waals surface area contributed by atoms with Crippen molar-refractivity contribution < 1.29 is 14.3 Å². The van der Waals surface area contributed by atoms with Crippen LogP contribution in [0.4, 0.5) is 5.69 Å². The van der Waals surface area contributed by atoms with E-state index in [-0.39, 0.29) is 18.1 Å². The molecule has 0 fully saturated rings. The second kappa shape index (κ2) is 9.01. The largest absolute Gasteiger partial charge is 0.485 e. The molecule has 4 rings (SSSR count). The van der Waals surface area contributed by atoms with E-state index in [4.69, 9.17) is 9.47 Å². The first-order valence-corrected chi connectivity index (χ1v) is 10.6. The topological polar surface area (TPSA) is 81.9 Å². The molecule has 2 aromatic heterocycles. The predicted octanol–water partition coefficient (Wildman–Crippen LogP) is 4.05. The monoisotopic (exact) mass is 435 g/mol. The van der Waals surface area contributed by atoms with Crippen molar-refractivity contribution in [1.82, 2.24) is 9.38 Å². The zero-order chi connectivity index (χ0) is 21.8. The number of ether oxygens (including phenoxy) is 2. The molecule has 1 atom stereocenters. The number of benzene rings is 2. The summed E-state index contributed by atoms with van der Waals surface area (Å²) in [5, 5.41) is 4.72. The van der Waals surface area contributed by atoms with Crippen LogP contribution in [0.2, 0.25) is 0 Å². The Kier molecular flexibility index (Phi) is 5.99. The molecule has 158 valence electrons. The van der Waals surface area contributed by atoms with Gasteiger partial charge in [0.2, 0.25) is 0 Å². The van der Waals surface area contributed by atoms with E-state index in [2.05, 4.69) is 10.3 Å². The number of nitrogens with one attached hydrogen (secondary N) is 1. The van der Waals surface area contributed by atoms with Gasteiger partial charge in [-0.05, 0) is 38.1 Å². The second-order valence-electron chi connectivity index (χ2n) is 6.93. The normalized spacial score (nSPS) is 11.8. The Morgan fingerprint density at radius 2 is 1.90 bits per heavy atom. The number of fused-ring (bicyclic) bond motifs is 1. The Balaban J connectivity index is 1.45. The lowest BCUT2D eigenvalue weighted by Crippen LogP contribution is -2.30. The minimum atomic E-state index is -0.693. The van der Waals surface area contributed by atoms with Gasteiger partial charge in [0.25, 0.3) is 11.5 Å². The van der Waals surface area contributed by atoms with Crippen LogP contribution in [0.15, 0.2) is 70.8 Å². The summed E-state index contributed by atoms with van der Waals surface area (Å²) in [4.78, 5) is 30.0. The molecule has 0 unspecified atom stereocenters. The van der Waals surface area contributed by atoms with Crippen LogP contribution in [-0.4, -0.2) is 21.4 Å².